The highest BCUT2D eigenvalue weighted by Crippen LogP contribution is 2.30. The molecule has 2 aromatic heterocycles. The van der Waals surface area contributed by atoms with Crippen molar-refractivity contribution in [2.24, 2.45) is 0 Å². The topological polar surface area (TPSA) is 103 Å². The van der Waals surface area contributed by atoms with E-state index in [2.05, 4.69) is 25.0 Å². The largest absolute Gasteiger partial charge is 0.335 e. The Morgan fingerprint density at radius 3 is 2.58 bits per heavy atom. The van der Waals surface area contributed by atoms with E-state index >= 15 is 0 Å². The molecule has 0 radical (unpaired) electrons. The molecule has 0 aliphatic carbocycles. The van der Waals surface area contributed by atoms with Crippen LogP contribution in [0.15, 0.2) is 30.6 Å². The Hall–Kier alpha value is -2.93. The number of rotatable bonds is 7. The molecule has 36 heavy (non-hydrogen) atoms. The van der Waals surface area contributed by atoms with Crippen LogP contribution in [-0.2, 0) is 0 Å². The summed E-state index contributed by atoms with van der Waals surface area (Å²) in [6, 6.07) is 4.74. The van der Waals surface area contributed by atoms with E-state index in [0.717, 1.165) is 11.5 Å². The molecule has 2 amide bonds. The minimum Gasteiger partial charge on any atom is -0.335 e. The van der Waals surface area contributed by atoms with Crippen molar-refractivity contribution < 1.29 is 18.4 Å². The second kappa shape index (κ2) is 11.4. The van der Waals surface area contributed by atoms with Gasteiger partial charge in [-0.3, -0.25) is 19.5 Å². The Balaban J connectivity index is 1.45. The van der Waals surface area contributed by atoms with Crippen LogP contribution >= 0.6 is 34.7 Å². The van der Waals surface area contributed by atoms with Crippen molar-refractivity contribution in [1.29, 1.82) is 0 Å². The summed E-state index contributed by atoms with van der Waals surface area (Å²) in [6.45, 7) is 2.74. The first kappa shape index (κ1) is 26.1. The highest BCUT2D eigenvalue weighted by molar-refractivity contribution is 7.10. The molecule has 0 saturated carbocycles. The number of alkyl halides is 2. The second-order valence-electron chi connectivity index (χ2n) is 7.95. The third-order valence-corrected chi connectivity index (χ3v) is 7.01. The van der Waals surface area contributed by atoms with Crippen LogP contribution in [0.25, 0.3) is 0 Å². The van der Waals surface area contributed by atoms with Crippen LogP contribution in [0.4, 0.5) is 25.3 Å². The molecule has 1 saturated heterocycles. The molecule has 4 rings (SSSR count). The maximum absolute atomic E-state index is 13.0. The fourth-order valence-corrected chi connectivity index (χ4v) is 4.73. The van der Waals surface area contributed by atoms with Crippen LogP contribution in [0.3, 0.4) is 0 Å². The van der Waals surface area contributed by atoms with E-state index in [4.69, 9.17) is 23.2 Å². The number of carbonyl (C=O) groups excluding carboxylic acids is 2. The predicted molar refractivity (Wildman–Crippen MR) is 135 cm³/mol. The van der Waals surface area contributed by atoms with E-state index in [9.17, 15) is 18.4 Å². The zero-order valence-electron chi connectivity index (χ0n) is 19.0. The molecule has 3 aromatic rings. The lowest BCUT2D eigenvalue weighted by Gasteiger charge is -2.34. The van der Waals surface area contributed by atoms with Crippen molar-refractivity contribution >= 4 is 63.1 Å². The van der Waals surface area contributed by atoms with E-state index < -0.39 is 12.3 Å². The molecule has 14 heteroatoms. The van der Waals surface area contributed by atoms with Gasteiger partial charge in [0.1, 0.15) is 16.5 Å². The molecule has 0 atom stereocenters. The first-order valence-electron chi connectivity index (χ1n) is 10.8. The average molecular weight is 556 g/mol. The lowest BCUT2D eigenvalue weighted by atomic mass is 10.2. The van der Waals surface area contributed by atoms with E-state index in [0.29, 0.717) is 58.2 Å². The van der Waals surface area contributed by atoms with Crippen LogP contribution in [0.1, 0.15) is 26.5 Å². The Kier molecular flexibility index (Phi) is 8.29. The first-order chi connectivity index (χ1) is 17.2. The summed E-state index contributed by atoms with van der Waals surface area (Å²) < 4.78 is 29.4. The van der Waals surface area contributed by atoms with Crippen molar-refractivity contribution in [3.8, 4) is 0 Å². The molecule has 1 fully saturated rings. The molecular formula is C22H21Cl2F2N7O2S. The minimum atomic E-state index is -2.41. The van der Waals surface area contributed by atoms with Crippen molar-refractivity contribution in [2.45, 2.75) is 13.3 Å². The molecule has 0 unspecified atom stereocenters. The Morgan fingerprint density at radius 1 is 1.14 bits per heavy atom. The van der Waals surface area contributed by atoms with Crippen LogP contribution < -0.4 is 10.6 Å². The third-order valence-electron chi connectivity index (χ3n) is 5.42. The number of carbonyl (C=O) groups is 2. The maximum atomic E-state index is 13.0. The van der Waals surface area contributed by atoms with E-state index in [1.54, 1.807) is 28.9 Å². The fourth-order valence-electron chi connectivity index (χ4n) is 3.63. The van der Waals surface area contributed by atoms with Gasteiger partial charge in [0, 0.05) is 31.9 Å². The molecule has 3 heterocycles. The third kappa shape index (κ3) is 6.25. The smallest absolute Gasteiger partial charge is 0.274 e. The molecular weight excluding hydrogens is 535 g/mol. The molecule has 2 N–H and O–H groups in total. The highest BCUT2D eigenvalue weighted by Gasteiger charge is 2.25. The van der Waals surface area contributed by atoms with Gasteiger partial charge >= 0.3 is 0 Å². The van der Waals surface area contributed by atoms with Gasteiger partial charge in [0.25, 0.3) is 18.2 Å². The van der Waals surface area contributed by atoms with Crippen LogP contribution in [0, 0.1) is 6.92 Å². The number of piperazine rings is 1. The van der Waals surface area contributed by atoms with Gasteiger partial charge in [-0.1, -0.05) is 23.2 Å². The Bertz CT molecular complexity index is 1270. The quantitative estimate of drug-likeness (QED) is 0.440. The number of amides is 2. The lowest BCUT2D eigenvalue weighted by Crippen LogP contribution is -2.49. The second-order valence-corrected chi connectivity index (χ2v) is 9.54. The fraction of sp³-hybridized carbons (Fsp3) is 0.318. The normalized spacial score (nSPS) is 14.2. The van der Waals surface area contributed by atoms with Gasteiger partial charge < -0.3 is 15.5 Å². The van der Waals surface area contributed by atoms with Crippen LogP contribution in [0.2, 0.25) is 10.0 Å². The SMILES string of the molecule is Cc1nsc(Nc2cncc(C(=O)N3CCN(CC(F)F)CC3)n2)c1C(=O)Nc1ccc(Cl)c(Cl)c1. The number of aromatic nitrogens is 3. The van der Waals surface area contributed by atoms with E-state index in [-0.39, 0.29) is 24.0 Å². The molecule has 0 bridgehead atoms. The van der Waals surface area contributed by atoms with Gasteiger partial charge in [-0.05, 0) is 36.7 Å². The van der Waals surface area contributed by atoms with Gasteiger partial charge in [0.05, 0.1) is 40.2 Å². The minimum absolute atomic E-state index is 0.102. The van der Waals surface area contributed by atoms with Gasteiger partial charge in [-0.2, -0.15) is 4.37 Å². The number of anilines is 3. The molecule has 9 nitrogen and oxygen atoms in total. The lowest BCUT2D eigenvalue weighted by molar-refractivity contribution is 0.0455. The summed E-state index contributed by atoms with van der Waals surface area (Å²) in [4.78, 5) is 37.5. The maximum Gasteiger partial charge on any atom is 0.274 e. The predicted octanol–water partition coefficient (Wildman–Crippen LogP) is 4.57. The zero-order chi connectivity index (χ0) is 25.8. The van der Waals surface area contributed by atoms with Crippen LogP contribution in [0.5, 0.6) is 0 Å². The number of benzene rings is 1. The van der Waals surface area contributed by atoms with Crippen molar-refractivity contribution in [1.82, 2.24) is 24.1 Å². The van der Waals surface area contributed by atoms with Gasteiger partial charge in [0.15, 0.2) is 0 Å². The Morgan fingerprint density at radius 2 is 1.89 bits per heavy atom. The molecule has 0 spiro atoms. The summed E-state index contributed by atoms with van der Waals surface area (Å²) >= 11 is 13.0. The monoisotopic (exact) mass is 555 g/mol. The van der Waals surface area contributed by atoms with Crippen molar-refractivity contribution in [2.75, 3.05) is 43.4 Å². The molecule has 1 aliphatic rings. The summed E-state index contributed by atoms with van der Waals surface area (Å²) in [6.07, 6.45) is 0.356. The van der Waals surface area contributed by atoms with Crippen LogP contribution in [-0.4, -0.2) is 75.1 Å². The van der Waals surface area contributed by atoms with Gasteiger partial charge in [-0.25, -0.2) is 13.8 Å². The number of nitrogens with zero attached hydrogens (tertiary/aromatic N) is 5. The number of hydrogen-bond donors (Lipinski definition) is 2. The number of nitrogens with one attached hydrogen (secondary N) is 2. The summed E-state index contributed by atoms with van der Waals surface area (Å²) in [5.41, 5.74) is 1.37. The van der Waals surface area contributed by atoms with Gasteiger partial charge in [-0.15, -0.1) is 0 Å². The number of hydrogen-bond acceptors (Lipinski definition) is 8. The molecule has 1 aromatic carbocycles. The van der Waals surface area contributed by atoms with Crippen molar-refractivity contribution in [3.05, 3.63) is 57.6 Å². The van der Waals surface area contributed by atoms with E-state index in [1.165, 1.54) is 18.5 Å². The molecule has 190 valence electrons. The summed E-state index contributed by atoms with van der Waals surface area (Å²) in [5, 5.41) is 6.88. The highest BCUT2D eigenvalue weighted by atomic mass is 35.5. The average Bonchev–Trinajstić information content (AvgIpc) is 3.21. The molecule has 1 aliphatic heterocycles. The standard InChI is InChI=1S/C22H21Cl2F2N7O2S/c1-12-19(20(34)28-13-2-3-14(23)15(24)8-13)21(36-31-12)30-18-10-27-9-16(29-18)22(35)33-6-4-32(5-7-33)11-17(25)26/h2-3,8-10,17H,4-7,11H2,1H3,(H,28,34)(H,29,30). The van der Waals surface area contributed by atoms with E-state index in [1.807, 2.05) is 0 Å². The summed E-state index contributed by atoms with van der Waals surface area (Å²) in [5.74, 6) is -0.505. The van der Waals surface area contributed by atoms with Crippen molar-refractivity contribution in [3.63, 3.8) is 0 Å². The number of aryl methyl sites for hydroxylation is 1. The summed E-state index contributed by atoms with van der Waals surface area (Å²) in [7, 11) is 0. The Labute approximate surface area is 219 Å². The number of halogens is 4. The first-order valence-corrected chi connectivity index (χ1v) is 12.4. The zero-order valence-corrected chi connectivity index (χ0v) is 21.3. The van der Waals surface area contributed by atoms with Gasteiger partial charge in [0.2, 0.25) is 0 Å².